The Hall–Kier alpha value is -2.48. The zero-order valence-corrected chi connectivity index (χ0v) is 17.6. The van der Waals surface area contributed by atoms with Crippen LogP contribution in [0.3, 0.4) is 0 Å². The molecule has 0 saturated carbocycles. The highest BCUT2D eigenvalue weighted by atomic mass is 19.1. The van der Waals surface area contributed by atoms with Gasteiger partial charge in [-0.05, 0) is 12.8 Å². The lowest BCUT2D eigenvalue weighted by Crippen LogP contribution is -2.37. The molecule has 1 aliphatic heterocycles. The Morgan fingerprint density at radius 1 is 1.10 bits per heavy atom. The van der Waals surface area contributed by atoms with Crippen molar-refractivity contribution >= 4 is 11.6 Å². The quantitative estimate of drug-likeness (QED) is 0.669. The van der Waals surface area contributed by atoms with E-state index in [4.69, 9.17) is 4.74 Å². The van der Waals surface area contributed by atoms with Crippen LogP contribution in [0, 0.1) is 23.4 Å². The Morgan fingerprint density at radius 3 is 2.23 bits per heavy atom. The number of Topliss-reactive ketones (excluding diaryl/α,β-unsaturated/α-hetero) is 1. The second-order valence-corrected chi connectivity index (χ2v) is 8.59. The second-order valence-electron chi connectivity index (χ2n) is 8.59. The van der Waals surface area contributed by atoms with Gasteiger partial charge in [0, 0.05) is 49.7 Å². The minimum Gasteiger partial charge on any atom is -0.378 e. The first-order valence-electron chi connectivity index (χ1n) is 9.91. The average Bonchev–Trinajstić information content (AvgIpc) is 2.66. The lowest BCUT2D eigenvalue weighted by atomic mass is 9.88. The maximum atomic E-state index is 14.0. The van der Waals surface area contributed by atoms with Crippen molar-refractivity contribution in [3.8, 4) is 0 Å². The Morgan fingerprint density at radius 2 is 1.70 bits per heavy atom. The predicted octanol–water partition coefficient (Wildman–Crippen LogP) is 4.44. The third-order valence-corrected chi connectivity index (χ3v) is 5.17. The van der Waals surface area contributed by atoms with Crippen LogP contribution in [0.1, 0.15) is 55.5 Å². The number of nitrogens with zero attached hydrogens (tertiary/aromatic N) is 3. The molecule has 2 heterocycles. The lowest BCUT2D eigenvalue weighted by molar-refractivity contribution is 0.0891. The fourth-order valence-corrected chi connectivity index (χ4v) is 3.55. The number of rotatable bonds is 5. The van der Waals surface area contributed by atoms with Gasteiger partial charge in [-0.3, -0.25) is 4.79 Å². The Kier molecular flexibility index (Phi) is 6.45. The van der Waals surface area contributed by atoms with Crippen LogP contribution in [0.25, 0.3) is 0 Å². The number of hydrogen-bond donors (Lipinski definition) is 0. The summed E-state index contributed by atoms with van der Waals surface area (Å²) >= 11 is 0. The maximum absolute atomic E-state index is 14.0. The summed E-state index contributed by atoms with van der Waals surface area (Å²) in [4.78, 5) is 24.0. The molecule has 1 aromatic carbocycles. The summed E-state index contributed by atoms with van der Waals surface area (Å²) in [6, 6.07) is 2.94. The van der Waals surface area contributed by atoms with Crippen molar-refractivity contribution in [2.45, 2.75) is 45.6 Å². The summed E-state index contributed by atoms with van der Waals surface area (Å²) < 4.78 is 46.3. The van der Waals surface area contributed by atoms with E-state index in [9.17, 15) is 18.0 Å². The molecule has 5 nitrogen and oxygen atoms in total. The Labute approximate surface area is 174 Å². The Bertz CT molecular complexity index is 913. The van der Waals surface area contributed by atoms with Crippen LogP contribution in [0.5, 0.6) is 0 Å². The molecule has 0 radical (unpaired) electrons. The normalized spacial score (nSPS) is 15.5. The SMILES string of the molecule is COCc1cc(N2CCC(C(=O)c3c(F)cc(F)cc3F)CC2)nc(C(C)(C)C)n1. The van der Waals surface area contributed by atoms with E-state index in [1.54, 1.807) is 7.11 Å². The molecule has 1 fully saturated rings. The van der Waals surface area contributed by atoms with Crippen LogP contribution in [-0.2, 0) is 16.8 Å². The number of ether oxygens (including phenoxy) is 1. The van der Waals surface area contributed by atoms with E-state index in [0.29, 0.717) is 50.5 Å². The number of methoxy groups -OCH3 is 1. The van der Waals surface area contributed by atoms with E-state index in [1.165, 1.54) is 0 Å². The van der Waals surface area contributed by atoms with Crippen molar-refractivity contribution in [3.05, 3.63) is 52.7 Å². The van der Waals surface area contributed by atoms with Crippen LogP contribution < -0.4 is 4.90 Å². The molecule has 0 spiro atoms. The molecule has 0 unspecified atom stereocenters. The molecule has 30 heavy (non-hydrogen) atoms. The fourth-order valence-electron chi connectivity index (χ4n) is 3.55. The molecule has 1 aromatic heterocycles. The number of halogens is 3. The van der Waals surface area contributed by atoms with Gasteiger partial charge >= 0.3 is 0 Å². The molecule has 1 saturated heterocycles. The smallest absolute Gasteiger partial charge is 0.171 e. The number of carbonyl (C=O) groups excluding carboxylic acids is 1. The number of piperidine rings is 1. The van der Waals surface area contributed by atoms with Crippen molar-refractivity contribution in [1.82, 2.24) is 9.97 Å². The van der Waals surface area contributed by atoms with Gasteiger partial charge in [0.2, 0.25) is 0 Å². The minimum atomic E-state index is -1.16. The summed E-state index contributed by atoms with van der Waals surface area (Å²) in [5.41, 5.74) is -0.139. The number of ketones is 1. The van der Waals surface area contributed by atoms with Crippen molar-refractivity contribution in [2.24, 2.45) is 5.92 Å². The summed E-state index contributed by atoms with van der Waals surface area (Å²) in [7, 11) is 1.60. The summed E-state index contributed by atoms with van der Waals surface area (Å²) in [5, 5.41) is 0. The molecule has 1 aliphatic rings. The van der Waals surface area contributed by atoms with Gasteiger partial charge in [0.1, 0.15) is 29.1 Å². The van der Waals surface area contributed by atoms with E-state index < -0.39 is 34.7 Å². The first kappa shape index (κ1) is 22.2. The van der Waals surface area contributed by atoms with Crippen molar-refractivity contribution in [1.29, 1.82) is 0 Å². The highest BCUT2D eigenvalue weighted by Gasteiger charge is 2.31. The first-order chi connectivity index (χ1) is 14.1. The largest absolute Gasteiger partial charge is 0.378 e. The predicted molar refractivity (Wildman–Crippen MR) is 107 cm³/mol. The van der Waals surface area contributed by atoms with E-state index in [-0.39, 0.29) is 5.41 Å². The van der Waals surface area contributed by atoms with Gasteiger partial charge in [0.05, 0.1) is 17.9 Å². The number of anilines is 1. The standard InChI is InChI=1S/C22H26F3N3O2/c1-22(2,3)21-26-15(12-30-4)11-18(27-21)28-7-5-13(6-8-28)20(29)19-16(24)9-14(23)10-17(19)25/h9-11,13H,5-8,12H2,1-4H3. The van der Waals surface area contributed by atoms with Gasteiger partial charge < -0.3 is 9.64 Å². The van der Waals surface area contributed by atoms with E-state index in [2.05, 4.69) is 9.97 Å². The molecule has 3 rings (SSSR count). The molecule has 0 amide bonds. The van der Waals surface area contributed by atoms with Gasteiger partial charge in [0.15, 0.2) is 5.78 Å². The minimum absolute atomic E-state index is 0.246. The molecule has 162 valence electrons. The molecular formula is C22H26F3N3O2. The summed E-state index contributed by atoms with van der Waals surface area (Å²) in [6.07, 6.45) is 0.840. The molecule has 0 atom stereocenters. The molecule has 2 aromatic rings. The highest BCUT2D eigenvalue weighted by molar-refractivity contribution is 5.98. The van der Waals surface area contributed by atoms with E-state index >= 15 is 0 Å². The third-order valence-electron chi connectivity index (χ3n) is 5.17. The zero-order valence-electron chi connectivity index (χ0n) is 17.6. The average molecular weight is 421 g/mol. The highest BCUT2D eigenvalue weighted by Crippen LogP contribution is 2.29. The van der Waals surface area contributed by atoms with Crippen LogP contribution in [0.2, 0.25) is 0 Å². The molecule has 8 heteroatoms. The van der Waals surface area contributed by atoms with Crippen LogP contribution in [-0.4, -0.2) is 36.0 Å². The molecule has 0 N–H and O–H groups in total. The number of benzene rings is 1. The van der Waals surface area contributed by atoms with Crippen molar-refractivity contribution in [3.63, 3.8) is 0 Å². The van der Waals surface area contributed by atoms with Crippen molar-refractivity contribution in [2.75, 3.05) is 25.1 Å². The maximum Gasteiger partial charge on any atom is 0.171 e. The number of carbonyl (C=O) groups is 1. The molecular weight excluding hydrogens is 395 g/mol. The van der Waals surface area contributed by atoms with Gasteiger partial charge in [0.25, 0.3) is 0 Å². The van der Waals surface area contributed by atoms with Gasteiger partial charge in [-0.15, -0.1) is 0 Å². The first-order valence-corrected chi connectivity index (χ1v) is 9.91. The fraction of sp³-hybridized carbons (Fsp3) is 0.500. The summed E-state index contributed by atoms with van der Waals surface area (Å²) in [6.45, 7) is 7.45. The van der Waals surface area contributed by atoms with Crippen LogP contribution in [0.4, 0.5) is 19.0 Å². The summed E-state index contributed by atoms with van der Waals surface area (Å²) in [5.74, 6) is -3.07. The topological polar surface area (TPSA) is 55.3 Å². The molecule has 0 bridgehead atoms. The molecule has 0 aliphatic carbocycles. The lowest BCUT2D eigenvalue weighted by Gasteiger charge is -2.33. The Balaban J connectivity index is 1.77. The second kappa shape index (κ2) is 8.71. The van der Waals surface area contributed by atoms with Crippen LogP contribution in [0.15, 0.2) is 18.2 Å². The van der Waals surface area contributed by atoms with E-state index in [1.807, 2.05) is 31.7 Å². The number of aromatic nitrogens is 2. The van der Waals surface area contributed by atoms with Gasteiger partial charge in [-0.2, -0.15) is 0 Å². The zero-order chi connectivity index (χ0) is 22.1. The third kappa shape index (κ3) is 4.80. The monoisotopic (exact) mass is 421 g/mol. The van der Waals surface area contributed by atoms with E-state index in [0.717, 1.165) is 11.5 Å². The number of hydrogen-bond acceptors (Lipinski definition) is 5. The van der Waals surface area contributed by atoms with Gasteiger partial charge in [-0.1, -0.05) is 20.8 Å². The van der Waals surface area contributed by atoms with Crippen molar-refractivity contribution < 1.29 is 22.7 Å². The van der Waals surface area contributed by atoms with Crippen LogP contribution >= 0.6 is 0 Å². The van der Waals surface area contributed by atoms with Gasteiger partial charge in [-0.25, -0.2) is 23.1 Å².